The number of nitrogens with zero attached hydrogens (tertiary/aromatic N) is 5. The topological polar surface area (TPSA) is 85.2 Å². The van der Waals surface area contributed by atoms with E-state index < -0.39 is 0 Å². The lowest BCUT2D eigenvalue weighted by Crippen LogP contribution is -2.43. The van der Waals surface area contributed by atoms with Gasteiger partial charge in [-0.15, -0.1) is 0 Å². The molecule has 0 unspecified atom stereocenters. The Hall–Kier alpha value is -3.91. The van der Waals surface area contributed by atoms with Crippen LogP contribution in [0.15, 0.2) is 60.9 Å². The number of anilines is 1. The number of aryl methyl sites for hydroxylation is 2. The minimum atomic E-state index is -0.0807. The molecule has 0 bridgehead atoms. The highest BCUT2D eigenvalue weighted by molar-refractivity contribution is 6.32. The molecule has 2 amide bonds. The van der Waals surface area contributed by atoms with Gasteiger partial charge in [-0.2, -0.15) is 5.10 Å². The first kappa shape index (κ1) is 26.7. The van der Waals surface area contributed by atoms with E-state index in [1.165, 1.54) is 0 Å². The molecule has 4 aromatic rings. The number of urea groups is 1. The van der Waals surface area contributed by atoms with Gasteiger partial charge < -0.3 is 15.0 Å². The van der Waals surface area contributed by atoms with E-state index in [0.717, 1.165) is 53.6 Å². The van der Waals surface area contributed by atoms with Gasteiger partial charge in [-0.05, 0) is 68.1 Å². The van der Waals surface area contributed by atoms with E-state index in [1.807, 2.05) is 72.0 Å². The summed E-state index contributed by atoms with van der Waals surface area (Å²) in [7, 11) is 1.59. The molecule has 2 aromatic carbocycles. The molecule has 5 rings (SSSR count). The van der Waals surface area contributed by atoms with Crippen LogP contribution < -0.4 is 10.1 Å². The molecule has 1 saturated carbocycles. The Morgan fingerprint density at radius 3 is 2.46 bits per heavy atom. The van der Waals surface area contributed by atoms with Gasteiger partial charge in [-0.1, -0.05) is 42.6 Å². The first-order valence-electron chi connectivity index (χ1n) is 13.3. The molecule has 0 aliphatic heterocycles. The van der Waals surface area contributed by atoms with Crippen LogP contribution in [0, 0.1) is 13.8 Å². The van der Waals surface area contributed by atoms with E-state index in [2.05, 4.69) is 10.3 Å². The van der Waals surface area contributed by atoms with Crippen molar-refractivity contribution in [2.45, 2.75) is 52.1 Å². The molecule has 0 atom stereocenters. The Kier molecular flexibility index (Phi) is 8.12. The number of para-hydroxylation sites is 1. The number of nitrogens with one attached hydrogen (secondary N) is 1. The summed E-state index contributed by atoms with van der Waals surface area (Å²) in [5.41, 5.74) is 4.66. The Morgan fingerprint density at radius 2 is 1.79 bits per heavy atom. The molecule has 1 fully saturated rings. The van der Waals surface area contributed by atoms with Gasteiger partial charge in [0, 0.05) is 41.8 Å². The van der Waals surface area contributed by atoms with Gasteiger partial charge in [0.2, 0.25) is 0 Å². The number of pyridine rings is 1. The highest BCUT2D eigenvalue weighted by Gasteiger charge is 2.28. The highest BCUT2D eigenvalue weighted by Crippen LogP contribution is 2.31. The quantitative estimate of drug-likeness (QED) is 0.265. The van der Waals surface area contributed by atoms with E-state index in [0.29, 0.717) is 35.5 Å². The fraction of sp³-hybridized carbons (Fsp3) is 0.333. The van der Waals surface area contributed by atoms with E-state index in [9.17, 15) is 4.79 Å². The maximum Gasteiger partial charge on any atom is 0.322 e. The van der Waals surface area contributed by atoms with Crippen molar-refractivity contribution >= 4 is 23.3 Å². The minimum Gasteiger partial charge on any atom is -0.495 e. The van der Waals surface area contributed by atoms with Crippen LogP contribution in [0.1, 0.15) is 36.8 Å². The zero-order valence-electron chi connectivity index (χ0n) is 22.5. The lowest BCUT2D eigenvalue weighted by molar-refractivity contribution is 0.184. The van der Waals surface area contributed by atoms with Gasteiger partial charge in [0.15, 0.2) is 11.6 Å². The van der Waals surface area contributed by atoms with E-state index in [-0.39, 0.29) is 12.1 Å². The number of aromatic nitrogens is 4. The standard InChI is InChI=1S/C30H33ClN6O2/c1-20-7-6-8-21(2)27(20)33-30(38)36(24-9-4-5-10-24)17-18-37-29(23-11-12-26(39-3)25(31)19-23)34-28(35-37)22-13-15-32-16-14-22/h6-8,11-16,19,24H,4-5,9-10,17-18H2,1-3H3,(H,33,38). The number of carbonyl (C=O) groups excluding carboxylic acids is 1. The van der Waals surface area contributed by atoms with Gasteiger partial charge in [0.25, 0.3) is 0 Å². The SMILES string of the molecule is COc1ccc(-c2nc(-c3ccncc3)nn2CCN(C(=O)Nc2c(C)cccc2C)C2CCCC2)cc1Cl. The second-order valence-corrected chi connectivity index (χ2v) is 10.3. The van der Waals surface area contributed by atoms with Gasteiger partial charge in [0.1, 0.15) is 5.75 Å². The molecule has 202 valence electrons. The number of halogens is 1. The molecular weight excluding hydrogens is 512 g/mol. The van der Waals surface area contributed by atoms with Crippen LogP contribution in [-0.2, 0) is 6.54 Å². The molecule has 8 nitrogen and oxygen atoms in total. The zero-order chi connectivity index (χ0) is 27.4. The number of hydrogen-bond donors (Lipinski definition) is 1. The normalized spacial score (nSPS) is 13.4. The van der Waals surface area contributed by atoms with Crippen molar-refractivity contribution in [3.05, 3.63) is 77.1 Å². The van der Waals surface area contributed by atoms with Crippen LogP contribution in [0.4, 0.5) is 10.5 Å². The lowest BCUT2D eigenvalue weighted by Gasteiger charge is -2.30. The van der Waals surface area contributed by atoms with Crippen LogP contribution >= 0.6 is 11.6 Å². The fourth-order valence-corrected chi connectivity index (χ4v) is 5.46. The number of hydrogen-bond acceptors (Lipinski definition) is 5. The summed E-state index contributed by atoms with van der Waals surface area (Å²) in [5.74, 6) is 1.86. The molecule has 39 heavy (non-hydrogen) atoms. The Morgan fingerprint density at radius 1 is 1.08 bits per heavy atom. The first-order chi connectivity index (χ1) is 18.9. The maximum absolute atomic E-state index is 13.7. The van der Waals surface area contributed by atoms with Crippen LogP contribution in [0.3, 0.4) is 0 Å². The average molecular weight is 545 g/mol. The minimum absolute atomic E-state index is 0.0807. The molecule has 2 aromatic heterocycles. The van der Waals surface area contributed by atoms with Gasteiger partial charge in [-0.3, -0.25) is 4.98 Å². The lowest BCUT2D eigenvalue weighted by atomic mass is 10.1. The molecule has 2 heterocycles. The van der Waals surface area contributed by atoms with Crippen LogP contribution in [0.25, 0.3) is 22.8 Å². The fourth-order valence-electron chi connectivity index (χ4n) is 5.20. The van der Waals surface area contributed by atoms with Crippen molar-refractivity contribution in [2.75, 3.05) is 19.0 Å². The third-order valence-corrected chi connectivity index (χ3v) is 7.61. The van der Waals surface area contributed by atoms with Crippen molar-refractivity contribution in [3.63, 3.8) is 0 Å². The summed E-state index contributed by atoms with van der Waals surface area (Å²) >= 11 is 6.46. The van der Waals surface area contributed by atoms with Crippen molar-refractivity contribution in [3.8, 4) is 28.5 Å². The van der Waals surface area contributed by atoms with Crippen molar-refractivity contribution < 1.29 is 9.53 Å². The summed E-state index contributed by atoms with van der Waals surface area (Å²) in [6.45, 7) is 5.01. The predicted octanol–water partition coefficient (Wildman–Crippen LogP) is 6.76. The number of carbonyl (C=O) groups is 1. The highest BCUT2D eigenvalue weighted by atomic mass is 35.5. The smallest absolute Gasteiger partial charge is 0.322 e. The van der Waals surface area contributed by atoms with Crippen molar-refractivity contribution in [2.24, 2.45) is 0 Å². The first-order valence-corrected chi connectivity index (χ1v) is 13.7. The summed E-state index contributed by atoms with van der Waals surface area (Å²) < 4.78 is 7.20. The Labute approximate surface area is 234 Å². The number of benzene rings is 2. The maximum atomic E-state index is 13.7. The van der Waals surface area contributed by atoms with Crippen molar-refractivity contribution in [1.29, 1.82) is 0 Å². The molecular formula is C30H33ClN6O2. The molecule has 1 aliphatic rings. The second kappa shape index (κ2) is 11.9. The number of rotatable bonds is 8. The Bertz CT molecular complexity index is 1430. The van der Waals surface area contributed by atoms with E-state index >= 15 is 0 Å². The number of methoxy groups -OCH3 is 1. The van der Waals surface area contributed by atoms with Crippen molar-refractivity contribution in [1.82, 2.24) is 24.6 Å². The van der Waals surface area contributed by atoms with Gasteiger partial charge in [-0.25, -0.2) is 14.5 Å². The molecule has 1 N–H and O–H groups in total. The third-order valence-electron chi connectivity index (χ3n) is 7.31. The molecule has 0 saturated heterocycles. The molecule has 0 spiro atoms. The van der Waals surface area contributed by atoms with Crippen LogP contribution in [0.2, 0.25) is 5.02 Å². The summed E-state index contributed by atoms with van der Waals surface area (Å²) in [5, 5.41) is 8.53. The zero-order valence-corrected chi connectivity index (χ0v) is 23.3. The number of amides is 2. The average Bonchev–Trinajstić information content (AvgIpc) is 3.62. The largest absolute Gasteiger partial charge is 0.495 e. The predicted molar refractivity (Wildman–Crippen MR) is 154 cm³/mol. The Balaban J connectivity index is 1.45. The van der Waals surface area contributed by atoms with Crippen LogP contribution in [-0.4, -0.2) is 50.4 Å². The van der Waals surface area contributed by atoms with E-state index in [4.69, 9.17) is 26.4 Å². The van der Waals surface area contributed by atoms with Gasteiger partial charge >= 0.3 is 6.03 Å². The monoisotopic (exact) mass is 544 g/mol. The third kappa shape index (κ3) is 5.91. The van der Waals surface area contributed by atoms with E-state index in [1.54, 1.807) is 19.5 Å². The molecule has 0 radical (unpaired) electrons. The molecule has 1 aliphatic carbocycles. The summed E-state index contributed by atoms with van der Waals surface area (Å²) in [4.78, 5) is 24.6. The van der Waals surface area contributed by atoms with Gasteiger partial charge in [0.05, 0.1) is 18.7 Å². The molecule has 9 heteroatoms. The summed E-state index contributed by atoms with van der Waals surface area (Å²) in [6, 6.07) is 15.5. The number of ether oxygens (including phenoxy) is 1. The second-order valence-electron chi connectivity index (χ2n) is 9.90. The van der Waals surface area contributed by atoms with Crippen LogP contribution in [0.5, 0.6) is 5.75 Å². The summed E-state index contributed by atoms with van der Waals surface area (Å²) in [6.07, 6.45) is 7.70.